The summed E-state index contributed by atoms with van der Waals surface area (Å²) in [6.45, 7) is 2.12. The number of aliphatic hydroxyl groups excluding tert-OH is 1. The van der Waals surface area contributed by atoms with Crippen molar-refractivity contribution >= 4 is 28.9 Å². The lowest BCUT2D eigenvalue weighted by molar-refractivity contribution is 0.0943. The molecule has 1 amide bonds. The van der Waals surface area contributed by atoms with Crippen LogP contribution in [-0.4, -0.2) is 55.4 Å². The van der Waals surface area contributed by atoms with Gasteiger partial charge in [-0.25, -0.2) is 9.97 Å². The number of anilines is 3. The van der Waals surface area contributed by atoms with Gasteiger partial charge in [0.15, 0.2) is 5.65 Å². The molecule has 0 spiro atoms. The van der Waals surface area contributed by atoms with Gasteiger partial charge in [-0.1, -0.05) is 13.0 Å². The van der Waals surface area contributed by atoms with Gasteiger partial charge in [0, 0.05) is 38.7 Å². The molecule has 0 aliphatic rings. The van der Waals surface area contributed by atoms with E-state index in [0.29, 0.717) is 35.3 Å². The number of pyridine rings is 2. The first kappa shape index (κ1) is 22.0. The molecular weight excluding hydrogens is 424 g/mol. The fourth-order valence-electron chi connectivity index (χ4n) is 3.20. The molecule has 11 nitrogen and oxygen atoms in total. The summed E-state index contributed by atoms with van der Waals surface area (Å²) in [5.41, 5.74) is 0.594. The highest BCUT2D eigenvalue weighted by Gasteiger charge is 2.18. The number of hydrogen-bond acceptors (Lipinski definition) is 8. The molecule has 0 aliphatic heterocycles. The van der Waals surface area contributed by atoms with Crippen LogP contribution in [0.2, 0.25) is 0 Å². The Morgan fingerprint density at radius 1 is 1.24 bits per heavy atom. The first-order valence-electron chi connectivity index (χ1n) is 10.4. The largest absolute Gasteiger partial charge is 0.396 e. The minimum atomic E-state index is -0.353. The molecule has 4 aromatic heterocycles. The second kappa shape index (κ2) is 9.49. The molecule has 0 saturated carbocycles. The van der Waals surface area contributed by atoms with E-state index >= 15 is 0 Å². The molecular formula is C22H24N8O3. The highest BCUT2D eigenvalue weighted by molar-refractivity contribution is 6.00. The summed E-state index contributed by atoms with van der Waals surface area (Å²) in [5, 5.41) is 22.3. The monoisotopic (exact) mass is 448 g/mol. The normalized spacial score (nSPS) is 11.8. The number of carbonyl (C=O) groups excluding carboxylic acids is 1. The molecule has 4 rings (SSSR count). The Balaban J connectivity index is 1.69. The van der Waals surface area contributed by atoms with Crippen LogP contribution in [0, 0.1) is 5.92 Å². The Bertz CT molecular complexity index is 1330. The average Bonchev–Trinajstić information content (AvgIpc) is 3.27. The van der Waals surface area contributed by atoms with E-state index < -0.39 is 0 Å². The molecule has 0 bridgehead atoms. The Hall–Kier alpha value is -4.25. The van der Waals surface area contributed by atoms with Crippen LogP contribution in [0.1, 0.15) is 17.3 Å². The molecule has 0 saturated heterocycles. The Morgan fingerprint density at radius 3 is 2.82 bits per heavy atom. The van der Waals surface area contributed by atoms with E-state index in [9.17, 15) is 14.7 Å². The average molecular weight is 448 g/mol. The topological polar surface area (TPSA) is 138 Å². The van der Waals surface area contributed by atoms with Gasteiger partial charge < -0.3 is 21.1 Å². The van der Waals surface area contributed by atoms with Crippen LogP contribution in [0.5, 0.6) is 0 Å². The molecule has 0 fully saturated rings. The number of fused-ring (bicyclic) bond motifs is 1. The minimum absolute atomic E-state index is 0.0294. The second-order valence-electron chi connectivity index (χ2n) is 7.48. The Labute approximate surface area is 189 Å². The zero-order valence-electron chi connectivity index (χ0n) is 18.2. The van der Waals surface area contributed by atoms with Crippen molar-refractivity contribution in [3.05, 3.63) is 70.9 Å². The van der Waals surface area contributed by atoms with E-state index in [2.05, 4.69) is 31.0 Å². The highest BCUT2D eigenvalue weighted by atomic mass is 16.3. The van der Waals surface area contributed by atoms with E-state index in [0.717, 1.165) is 0 Å². The summed E-state index contributed by atoms with van der Waals surface area (Å²) >= 11 is 0. The predicted octanol–water partition coefficient (Wildman–Crippen LogP) is 1.42. The first-order chi connectivity index (χ1) is 16.0. The first-order valence-corrected chi connectivity index (χ1v) is 10.4. The number of aliphatic hydroxyl groups is 1. The Morgan fingerprint density at radius 2 is 2.09 bits per heavy atom. The van der Waals surface area contributed by atoms with Crippen molar-refractivity contribution in [2.24, 2.45) is 5.92 Å². The van der Waals surface area contributed by atoms with Crippen molar-refractivity contribution in [2.75, 3.05) is 30.8 Å². The van der Waals surface area contributed by atoms with Crippen LogP contribution in [0.3, 0.4) is 0 Å². The lowest BCUT2D eigenvalue weighted by atomic mass is 10.2. The molecule has 4 N–H and O–H groups in total. The van der Waals surface area contributed by atoms with E-state index in [-0.39, 0.29) is 29.6 Å². The van der Waals surface area contributed by atoms with Gasteiger partial charge in [-0.2, -0.15) is 9.61 Å². The van der Waals surface area contributed by atoms with Crippen LogP contribution >= 0.6 is 0 Å². The van der Waals surface area contributed by atoms with Gasteiger partial charge in [0.25, 0.3) is 11.5 Å². The van der Waals surface area contributed by atoms with Crippen LogP contribution in [0.25, 0.3) is 11.5 Å². The van der Waals surface area contributed by atoms with E-state index in [1.165, 1.54) is 15.3 Å². The van der Waals surface area contributed by atoms with E-state index in [1.807, 2.05) is 6.92 Å². The van der Waals surface area contributed by atoms with E-state index in [1.54, 1.807) is 55.8 Å². The van der Waals surface area contributed by atoms with Gasteiger partial charge in [-0.3, -0.25) is 14.2 Å². The number of amides is 1. The summed E-state index contributed by atoms with van der Waals surface area (Å²) < 4.78 is 2.94. The summed E-state index contributed by atoms with van der Waals surface area (Å²) in [5.74, 6) is 1.01. The fourth-order valence-corrected chi connectivity index (χ4v) is 3.20. The van der Waals surface area contributed by atoms with Gasteiger partial charge >= 0.3 is 0 Å². The number of nitrogens with one attached hydrogen (secondary N) is 3. The highest BCUT2D eigenvalue weighted by Crippen LogP contribution is 2.21. The van der Waals surface area contributed by atoms with Crippen LogP contribution < -0.4 is 21.5 Å². The number of hydrogen-bond donors (Lipinski definition) is 4. The number of rotatable bonds is 8. The van der Waals surface area contributed by atoms with E-state index in [4.69, 9.17) is 0 Å². The number of nitrogens with zero attached hydrogens (tertiary/aromatic N) is 5. The zero-order chi connectivity index (χ0) is 23.4. The van der Waals surface area contributed by atoms with Gasteiger partial charge in [0.05, 0.1) is 6.20 Å². The maximum Gasteiger partial charge on any atom is 0.279 e. The van der Waals surface area contributed by atoms with Crippen LogP contribution in [-0.2, 0) is 0 Å². The molecule has 0 radical (unpaired) electrons. The van der Waals surface area contributed by atoms with Crippen molar-refractivity contribution in [2.45, 2.75) is 6.92 Å². The minimum Gasteiger partial charge on any atom is -0.396 e. The third-order valence-corrected chi connectivity index (χ3v) is 5.00. The number of carbonyl (C=O) groups is 1. The standard InChI is InChI=1S/C22H24N8O3/c1-14(13-31)11-25-21(32)15-12-26-30-19(23-2)10-17(28-20(15)30)27-16-6-5-9-29(22(16)33)18-7-3-4-8-24-18/h3-10,12,14,23,31H,11,13H2,1-2H3,(H,25,32)(H,27,28)/t14-/m0/s1. The van der Waals surface area contributed by atoms with Crippen molar-refractivity contribution < 1.29 is 9.90 Å². The van der Waals surface area contributed by atoms with Gasteiger partial charge in [-0.15, -0.1) is 0 Å². The summed E-state index contributed by atoms with van der Waals surface area (Å²) in [7, 11) is 1.72. The van der Waals surface area contributed by atoms with Crippen molar-refractivity contribution in [3.63, 3.8) is 0 Å². The molecule has 0 aliphatic carbocycles. The molecule has 11 heteroatoms. The van der Waals surface area contributed by atoms with Crippen LogP contribution in [0.4, 0.5) is 17.3 Å². The molecule has 1 atom stereocenters. The van der Waals surface area contributed by atoms with Gasteiger partial charge in [-0.05, 0) is 30.2 Å². The summed E-state index contributed by atoms with van der Waals surface area (Å²) in [4.78, 5) is 34.4. The number of aromatic nitrogens is 5. The lowest BCUT2D eigenvalue weighted by Crippen LogP contribution is -2.29. The van der Waals surface area contributed by atoms with Crippen molar-refractivity contribution in [1.29, 1.82) is 0 Å². The third kappa shape index (κ3) is 4.53. The molecule has 33 heavy (non-hydrogen) atoms. The second-order valence-corrected chi connectivity index (χ2v) is 7.48. The summed E-state index contributed by atoms with van der Waals surface area (Å²) in [6.07, 6.45) is 4.69. The quantitative estimate of drug-likeness (QED) is 0.317. The molecule has 4 heterocycles. The van der Waals surface area contributed by atoms with Crippen molar-refractivity contribution in [3.8, 4) is 5.82 Å². The van der Waals surface area contributed by atoms with Crippen molar-refractivity contribution in [1.82, 2.24) is 29.5 Å². The summed E-state index contributed by atoms with van der Waals surface area (Å²) in [6, 6.07) is 10.4. The smallest absolute Gasteiger partial charge is 0.279 e. The molecule has 4 aromatic rings. The molecule has 0 unspecified atom stereocenters. The Kier molecular flexibility index (Phi) is 6.31. The van der Waals surface area contributed by atoms with Gasteiger partial charge in [0.2, 0.25) is 0 Å². The SMILES string of the molecule is CNc1cc(Nc2cccn(-c3ccccn3)c2=O)nc2c(C(=O)NC[C@H](C)CO)cnn12. The predicted molar refractivity (Wildman–Crippen MR) is 124 cm³/mol. The molecule has 0 aromatic carbocycles. The van der Waals surface area contributed by atoms with Gasteiger partial charge in [0.1, 0.15) is 28.7 Å². The maximum atomic E-state index is 13.0. The fraction of sp³-hybridized carbons (Fsp3) is 0.227. The maximum absolute atomic E-state index is 13.0. The lowest BCUT2D eigenvalue weighted by Gasteiger charge is -2.12. The third-order valence-electron chi connectivity index (χ3n) is 5.00. The van der Waals surface area contributed by atoms with Crippen LogP contribution in [0.15, 0.2) is 59.8 Å². The zero-order valence-corrected chi connectivity index (χ0v) is 18.2. The molecule has 170 valence electrons.